The Morgan fingerprint density at radius 3 is 2.54 bits per heavy atom. The van der Waals surface area contributed by atoms with Gasteiger partial charge < -0.3 is 9.47 Å². The van der Waals surface area contributed by atoms with Gasteiger partial charge in [0.15, 0.2) is 11.5 Å². The van der Waals surface area contributed by atoms with E-state index in [0.717, 1.165) is 0 Å². The zero-order valence-corrected chi connectivity index (χ0v) is 22.3. The molecule has 1 aliphatic heterocycles. The minimum absolute atomic E-state index is 0.0951. The first-order chi connectivity index (χ1) is 17.9. The van der Waals surface area contributed by atoms with E-state index in [1.54, 1.807) is 27.8 Å². The average Bonchev–Trinajstić information content (AvgIpc) is 2.89. The molecule has 0 unspecified atom stereocenters. The molecule has 0 fully saturated rings. The summed E-state index contributed by atoms with van der Waals surface area (Å²) in [6, 6.07) is 12.5. The van der Waals surface area contributed by atoms with Crippen LogP contribution in [0, 0.1) is 0 Å². The number of nitrogens with zero attached hydrogens (tertiary/aromatic N) is 3. The van der Waals surface area contributed by atoms with Crippen LogP contribution in [-0.4, -0.2) is 34.8 Å². The van der Waals surface area contributed by atoms with Crippen molar-refractivity contribution in [3.05, 3.63) is 58.4 Å². The van der Waals surface area contributed by atoms with E-state index >= 15 is 0 Å². The Morgan fingerprint density at radius 1 is 1.08 bits per heavy atom. The SMILES string of the molecule is CCCC(=O)Oc1ccc([C@@H]2N(C(=O)CCC)c3ccccc3-c3c(=O)[nH]c(SC)n[n+]32)cc1OCC. The zero-order chi connectivity index (χ0) is 26.5. The van der Waals surface area contributed by atoms with E-state index in [1.807, 2.05) is 51.3 Å². The number of carbonyl (C=O) groups excluding carboxylic acids is 2. The normalized spacial score (nSPS) is 14.1. The van der Waals surface area contributed by atoms with Crippen LogP contribution in [-0.2, 0) is 9.59 Å². The maximum absolute atomic E-state index is 13.6. The first-order valence-corrected chi connectivity index (χ1v) is 13.6. The number of carbonyl (C=O) groups is 2. The van der Waals surface area contributed by atoms with E-state index in [9.17, 15) is 14.4 Å². The van der Waals surface area contributed by atoms with Gasteiger partial charge in [0.05, 0.1) is 17.9 Å². The van der Waals surface area contributed by atoms with Crippen molar-refractivity contribution < 1.29 is 23.7 Å². The van der Waals surface area contributed by atoms with Gasteiger partial charge in [0.25, 0.3) is 6.17 Å². The van der Waals surface area contributed by atoms with Crippen molar-refractivity contribution in [3.63, 3.8) is 0 Å². The minimum Gasteiger partial charge on any atom is -0.490 e. The van der Waals surface area contributed by atoms with Gasteiger partial charge in [0.1, 0.15) is 0 Å². The van der Waals surface area contributed by atoms with Crippen LogP contribution in [0.2, 0.25) is 0 Å². The summed E-state index contributed by atoms with van der Waals surface area (Å²) in [5, 5.41) is 5.14. The standard InChI is InChI=1S/C27H30N4O5S/c1-5-10-22(32)30-19-13-9-8-12-18(19)24-25(34)28-27(37-4)29-31(24)26(30)17-14-15-20(21(16-17)35-7-3)36-23(33)11-6-2/h8-9,12-16,26H,5-7,10-11H2,1-4H3/p+1/t26-/m1/s1. The summed E-state index contributed by atoms with van der Waals surface area (Å²) in [7, 11) is 0. The van der Waals surface area contributed by atoms with Crippen LogP contribution >= 0.6 is 11.8 Å². The van der Waals surface area contributed by atoms with Gasteiger partial charge in [-0.15, -0.1) is 0 Å². The average molecular weight is 524 g/mol. The molecule has 2 aromatic carbocycles. The third-order valence-electron chi connectivity index (χ3n) is 5.93. The highest BCUT2D eigenvalue weighted by atomic mass is 32.2. The van der Waals surface area contributed by atoms with E-state index in [1.165, 1.54) is 11.8 Å². The number of nitrogens with one attached hydrogen (secondary N) is 1. The molecule has 0 spiro atoms. The highest BCUT2D eigenvalue weighted by Crippen LogP contribution is 2.40. The third kappa shape index (κ3) is 5.24. The Balaban J connectivity index is 1.95. The van der Waals surface area contributed by atoms with E-state index in [-0.39, 0.29) is 17.4 Å². The number of anilines is 1. The molecule has 0 radical (unpaired) electrons. The third-order valence-corrected chi connectivity index (χ3v) is 6.50. The number of fused-ring (bicyclic) bond motifs is 3. The molecule has 10 heteroatoms. The van der Waals surface area contributed by atoms with Gasteiger partial charge in [-0.1, -0.05) is 37.7 Å². The smallest absolute Gasteiger partial charge is 0.325 e. The number of benzene rings is 2. The quantitative estimate of drug-likeness (QED) is 0.194. The fourth-order valence-electron chi connectivity index (χ4n) is 4.38. The summed E-state index contributed by atoms with van der Waals surface area (Å²) in [6.07, 6.45) is 3.02. The maximum atomic E-state index is 13.6. The first kappa shape index (κ1) is 26.4. The van der Waals surface area contributed by atoms with E-state index in [4.69, 9.17) is 14.6 Å². The molecule has 1 atom stereocenters. The van der Waals surface area contributed by atoms with Crippen LogP contribution in [0.3, 0.4) is 0 Å². The summed E-state index contributed by atoms with van der Waals surface area (Å²) in [5.74, 6) is 0.242. The summed E-state index contributed by atoms with van der Waals surface area (Å²) in [5.41, 5.74) is 1.98. The van der Waals surface area contributed by atoms with Crippen LogP contribution in [0.1, 0.15) is 58.2 Å². The number of hydrogen-bond acceptors (Lipinski definition) is 7. The fourth-order valence-corrected chi connectivity index (χ4v) is 4.75. The largest absolute Gasteiger partial charge is 0.490 e. The van der Waals surface area contributed by atoms with Crippen molar-refractivity contribution in [1.29, 1.82) is 0 Å². The summed E-state index contributed by atoms with van der Waals surface area (Å²) in [6.45, 7) is 6.05. The highest BCUT2D eigenvalue weighted by Gasteiger charge is 2.45. The Morgan fingerprint density at radius 2 is 1.84 bits per heavy atom. The Kier molecular flexibility index (Phi) is 8.27. The van der Waals surface area contributed by atoms with Crippen LogP contribution < -0.4 is 24.6 Å². The molecular weight excluding hydrogens is 492 g/mol. The second-order valence-electron chi connectivity index (χ2n) is 8.52. The van der Waals surface area contributed by atoms with Crippen molar-refractivity contribution in [1.82, 2.24) is 10.1 Å². The van der Waals surface area contributed by atoms with Gasteiger partial charge in [-0.3, -0.25) is 19.4 Å². The lowest BCUT2D eigenvalue weighted by Crippen LogP contribution is -2.60. The van der Waals surface area contributed by atoms with E-state index in [0.29, 0.717) is 71.5 Å². The Hall–Kier alpha value is -3.66. The molecular formula is C27H31N4O5S+. The van der Waals surface area contributed by atoms with Crippen LogP contribution in [0.15, 0.2) is 52.4 Å². The highest BCUT2D eigenvalue weighted by molar-refractivity contribution is 7.98. The zero-order valence-electron chi connectivity index (χ0n) is 21.4. The lowest BCUT2D eigenvalue weighted by molar-refractivity contribution is -0.763. The first-order valence-electron chi connectivity index (χ1n) is 12.4. The molecule has 0 bridgehead atoms. The summed E-state index contributed by atoms with van der Waals surface area (Å²) < 4.78 is 13.0. The lowest BCUT2D eigenvalue weighted by Gasteiger charge is -2.32. The Bertz CT molecular complexity index is 1370. The minimum atomic E-state index is -0.753. The molecule has 1 aliphatic rings. The number of esters is 1. The number of H-pyrrole nitrogens is 1. The van der Waals surface area contributed by atoms with Crippen molar-refractivity contribution in [3.8, 4) is 22.8 Å². The van der Waals surface area contributed by atoms with Gasteiger partial charge in [0, 0.05) is 23.5 Å². The monoisotopic (exact) mass is 523 g/mol. The lowest BCUT2D eigenvalue weighted by atomic mass is 10.0. The molecule has 0 aliphatic carbocycles. The van der Waals surface area contributed by atoms with Crippen molar-refractivity contribution in [2.45, 2.75) is 57.8 Å². The molecule has 0 saturated heterocycles. The molecule has 4 rings (SSSR count). The second kappa shape index (κ2) is 11.6. The number of para-hydroxylation sites is 1. The second-order valence-corrected chi connectivity index (χ2v) is 9.32. The molecule has 1 N–H and O–H groups in total. The molecule has 0 saturated carbocycles. The van der Waals surface area contributed by atoms with Gasteiger partial charge >= 0.3 is 17.2 Å². The number of amides is 1. The van der Waals surface area contributed by atoms with Crippen LogP contribution in [0.5, 0.6) is 11.5 Å². The van der Waals surface area contributed by atoms with Gasteiger partial charge in [-0.05, 0) is 61.0 Å². The molecule has 1 aromatic heterocycles. The molecule has 37 heavy (non-hydrogen) atoms. The van der Waals surface area contributed by atoms with E-state index < -0.39 is 6.17 Å². The number of aromatic nitrogens is 3. The molecule has 194 valence electrons. The Labute approximate surface area is 219 Å². The van der Waals surface area contributed by atoms with Gasteiger partial charge in [-0.2, -0.15) is 0 Å². The van der Waals surface area contributed by atoms with Gasteiger partial charge in [0.2, 0.25) is 11.1 Å². The van der Waals surface area contributed by atoms with Gasteiger partial charge in [-0.25, -0.2) is 4.90 Å². The van der Waals surface area contributed by atoms with Crippen LogP contribution in [0.4, 0.5) is 5.69 Å². The topological polar surface area (TPSA) is 105 Å². The van der Waals surface area contributed by atoms with Crippen molar-refractivity contribution in [2.75, 3.05) is 17.8 Å². The fraction of sp³-hybridized carbons (Fsp3) is 0.370. The summed E-state index contributed by atoms with van der Waals surface area (Å²) in [4.78, 5) is 43.6. The molecule has 1 amide bonds. The number of ether oxygens (including phenoxy) is 2. The number of hydrogen-bond donors (Lipinski definition) is 1. The predicted molar refractivity (Wildman–Crippen MR) is 141 cm³/mol. The summed E-state index contributed by atoms with van der Waals surface area (Å²) >= 11 is 1.31. The van der Waals surface area contributed by atoms with Crippen LogP contribution in [0.25, 0.3) is 11.3 Å². The number of thioether (sulfide) groups is 1. The molecule has 2 heterocycles. The number of aromatic amines is 1. The molecule has 9 nitrogen and oxygen atoms in total. The van der Waals surface area contributed by atoms with Crippen molar-refractivity contribution >= 4 is 29.3 Å². The maximum Gasteiger partial charge on any atom is 0.325 e. The van der Waals surface area contributed by atoms with E-state index in [2.05, 4.69) is 4.98 Å². The predicted octanol–water partition coefficient (Wildman–Crippen LogP) is 4.24. The van der Waals surface area contributed by atoms with Crippen molar-refractivity contribution in [2.24, 2.45) is 0 Å². The molecule has 3 aromatic rings. The number of rotatable bonds is 9.